The molecule has 0 saturated heterocycles. The van der Waals surface area contributed by atoms with Crippen LogP contribution < -0.4 is 5.73 Å². The van der Waals surface area contributed by atoms with Gasteiger partial charge in [-0.3, -0.25) is 0 Å². The lowest BCUT2D eigenvalue weighted by Gasteiger charge is -2.12. The summed E-state index contributed by atoms with van der Waals surface area (Å²) in [5.41, 5.74) is 5.22. The Hall–Kier alpha value is -0.120. The molecule has 11 heavy (non-hydrogen) atoms. The molecule has 0 aromatic carbocycles. The molecule has 0 heterocycles. The smallest absolute Gasteiger partial charge is 0.0684 e. The number of ether oxygens (including phenoxy) is 1. The van der Waals surface area contributed by atoms with Gasteiger partial charge in [0.15, 0.2) is 0 Å². The van der Waals surface area contributed by atoms with Gasteiger partial charge in [0.05, 0.1) is 12.2 Å². The molecule has 0 spiro atoms. The van der Waals surface area contributed by atoms with Gasteiger partial charge >= 0.3 is 0 Å². The van der Waals surface area contributed by atoms with E-state index in [2.05, 4.69) is 6.92 Å². The lowest BCUT2D eigenvalue weighted by molar-refractivity contribution is 0.0379. The zero-order valence-corrected chi connectivity index (χ0v) is 7.42. The van der Waals surface area contributed by atoms with Crippen molar-refractivity contribution >= 4 is 0 Å². The minimum absolute atomic E-state index is 0.292. The SMILES string of the molecule is CCC(C)OCCC(O)CN. The van der Waals surface area contributed by atoms with E-state index in [1.165, 1.54) is 0 Å². The molecule has 0 rings (SSSR count). The Morgan fingerprint density at radius 1 is 1.55 bits per heavy atom. The molecular weight excluding hydrogens is 142 g/mol. The van der Waals surface area contributed by atoms with Gasteiger partial charge in [-0.25, -0.2) is 0 Å². The Kier molecular flexibility index (Phi) is 6.51. The highest BCUT2D eigenvalue weighted by molar-refractivity contribution is 4.55. The molecular formula is C8H19NO2. The molecule has 3 heteroatoms. The first-order valence-electron chi connectivity index (χ1n) is 4.20. The fraction of sp³-hybridized carbons (Fsp3) is 1.00. The van der Waals surface area contributed by atoms with E-state index in [0.29, 0.717) is 25.7 Å². The quantitative estimate of drug-likeness (QED) is 0.597. The Bertz CT molecular complexity index is 78.2. The summed E-state index contributed by atoms with van der Waals surface area (Å²) in [4.78, 5) is 0. The lowest BCUT2D eigenvalue weighted by Crippen LogP contribution is -2.22. The van der Waals surface area contributed by atoms with Gasteiger partial charge in [-0.2, -0.15) is 0 Å². The number of aliphatic hydroxyl groups excluding tert-OH is 1. The van der Waals surface area contributed by atoms with Crippen LogP contribution in [0.3, 0.4) is 0 Å². The molecule has 0 aliphatic heterocycles. The van der Waals surface area contributed by atoms with Crippen LogP contribution in [-0.2, 0) is 4.74 Å². The van der Waals surface area contributed by atoms with Gasteiger partial charge in [-0.05, 0) is 19.8 Å². The summed E-state index contributed by atoms with van der Waals surface area (Å²) in [7, 11) is 0. The van der Waals surface area contributed by atoms with Gasteiger partial charge in [0, 0.05) is 13.2 Å². The van der Waals surface area contributed by atoms with Crippen molar-refractivity contribution in [3.8, 4) is 0 Å². The monoisotopic (exact) mass is 161 g/mol. The predicted molar refractivity (Wildman–Crippen MR) is 45.4 cm³/mol. The summed E-state index contributed by atoms with van der Waals surface area (Å²) in [6.07, 6.45) is 1.54. The Labute approximate surface area is 68.5 Å². The molecule has 0 bridgehead atoms. The van der Waals surface area contributed by atoms with Crippen molar-refractivity contribution in [1.29, 1.82) is 0 Å². The van der Waals surface area contributed by atoms with Gasteiger partial charge in [-0.1, -0.05) is 6.92 Å². The standard InChI is InChI=1S/C8H19NO2/c1-3-7(2)11-5-4-8(10)6-9/h7-8,10H,3-6,9H2,1-2H3. The normalized spacial score (nSPS) is 16.4. The highest BCUT2D eigenvalue weighted by Gasteiger charge is 2.02. The van der Waals surface area contributed by atoms with Crippen LogP contribution in [0, 0.1) is 0 Å². The van der Waals surface area contributed by atoms with E-state index in [0.717, 1.165) is 6.42 Å². The Morgan fingerprint density at radius 2 is 2.18 bits per heavy atom. The molecule has 0 aliphatic rings. The topological polar surface area (TPSA) is 55.5 Å². The van der Waals surface area contributed by atoms with Crippen LogP contribution in [0.15, 0.2) is 0 Å². The second-order valence-corrected chi connectivity index (χ2v) is 2.77. The molecule has 2 atom stereocenters. The van der Waals surface area contributed by atoms with Crippen LogP contribution >= 0.6 is 0 Å². The highest BCUT2D eigenvalue weighted by atomic mass is 16.5. The number of aliphatic hydroxyl groups is 1. The number of hydrogen-bond acceptors (Lipinski definition) is 3. The summed E-state index contributed by atoms with van der Waals surface area (Å²) >= 11 is 0. The van der Waals surface area contributed by atoms with Crippen molar-refractivity contribution in [1.82, 2.24) is 0 Å². The summed E-state index contributed by atoms with van der Waals surface area (Å²) in [5.74, 6) is 0. The molecule has 2 unspecified atom stereocenters. The van der Waals surface area contributed by atoms with Crippen LogP contribution in [0.4, 0.5) is 0 Å². The van der Waals surface area contributed by atoms with E-state index in [4.69, 9.17) is 15.6 Å². The van der Waals surface area contributed by atoms with E-state index in [9.17, 15) is 0 Å². The molecule has 68 valence electrons. The zero-order valence-electron chi connectivity index (χ0n) is 7.42. The summed E-state index contributed by atoms with van der Waals surface area (Å²) < 4.78 is 5.35. The fourth-order valence-corrected chi connectivity index (χ4v) is 0.641. The van der Waals surface area contributed by atoms with Gasteiger partial charge in [0.25, 0.3) is 0 Å². The predicted octanol–water partition coefficient (Wildman–Crippen LogP) is 0.511. The maximum absolute atomic E-state index is 9.04. The molecule has 3 nitrogen and oxygen atoms in total. The van der Waals surface area contributed by atoms with Crippen LogP contribution in [0.25, 0.3) is 0 Å². The van der Waals surface area contributed by atoms with E-state index < -0.39 is 6.10 Å². The van der Waals surface area contributed by atoms with Crippen LogP contribution in [0.2, 0.25) is 0 Å². The molecule has 0 radical (unpaired) electrons. The minimum Gasteiger partial charge on any atom is -0.392 e. The van der Waals surface area contributed by atoms with Crippen molar-refractivity contribution in [2.45, 2.75) is 38.9 Å². The first-order valence-corrected chi connectivity index (χ1v) is 4.20. The van der Waals surface area contributed by atoms with Crippen LogP contribution in [-0.4, -0.2) is 30.5 Å². The number of hydrogen-bond donors (Lipinski definition) is 2. The first kappa shape index (κ1) is 10.9. The number of rotatable bonds is 6. The molecule has 0 aromatic heterocycles. The van der Waals surface area contributed by atoms with Crippen molar-refractivity contribution in [2.75, 3.05) is 13.2 Å². The van der Waals surface area contributed by atoms with E-state index in [1.54, 1.807) is 0 Å². The van der Waals surface area contributed by atoms with Gasteiger partial charge < -0.3 is 15.6 Å². The van der Waals surface area contributed by atoms with Gasteiger partial charge in [0.1, 0.15) is 0 Å². The summed E-state index contributed by atoms with van der Waals surface area (Å²) in [5, 5.41) is 9.04. The minimum atomic E-state index is -0.404. The lowest BCUT2D eigenvalue weighted by atomic mass is 10.2. The average molecular weight is 161 g/mol. The van der Waals surface area contributed by atoms with Crippen LogP contribution in [0.5, 0.6) is 0 Å². The van der Waals surface area contributed by atoms with E-state index in [-0.39, 0.29) is 0 Å². The van der Waals surface area contributed by atoms with E-state index >= 15 is 0 Å². The van der Waals surface area contributed by atoms with Crippen molar-refractivity contribution in [3.63, 3.8) is 0 Å². The maximum atomic E-state index is 9.04. The third-order valence-electron chi connectivity index (χ3n) is 1.70. The fourth-order valence-electron chi connectivity index (χ4n) is 0.641. The second-order valence-electron chi connectivity index (χ2n) is 2.77. The van der Waals surface area contributed by atoms with Crippen molar-refractivity contribution in [3.05, 3.63) is 0 Å². The largest absolute Gasteiger partial charge is 0.392 e. The molecule has 0 saturated carbocycles. The third-order valence-corrected chi connectivity index (χ3v) is 1.70. The first-order chi connectivity index (χ1) is 5.20. The third kappa shape index (κ3) is 6.28. The highest BCUT2D eigenvalue weighted by Crippen LogP contribution is 1.98. The van der Waals surface area contributed by atoms with E-state index in [1.807, 2.05) is 6.92 Å². The average Bonchev–Trinajstić information content (AvgIpc) is 2.04. The number of nitrogens with two attached hydrogens (primary N) is 1. The maximum Gasteiger partial charge on any atom is 0.0684 e. The van der Waals surface area contributed by atoms with Crippen LogP contribution in [0.1, 0.15) is 26.7 Å². The molecule has 3 N–H and O–H groups in total. The molecule has 0 amide bonds. The molecule has 0 fully saturated rings. The van der Waals surface area contributed by atoms with Gasteiger partial charge in [-0.15, -0.1) is 0 Å². The second kappa shape index (κ2) is 6.58. The van der Waals surface area contributed by atoms with Crippen molar-refractivity contribution in [2.24, 2.45) is 5.73 Å². The van der Waals surface area contributed by atoms with Crippen molar-refractivity contribution < 1.29 is 9.84 Å². The summed E-state index contributed by atoms with van der Waals surface area (Å²) in [6.45, 7) is 5.02. The Morgan fingerprint density at radius 3 is 2.64 bits per heavy atom. The van der Waals surface area contributed by atoms with Gasteiger partial charge in [0.2, 0.25) is 0 Å². The molecule has 0 aliphatic carbocycles. The summed E-state index contributed by atoms with van der Waals surface area (Å²) in [6, 6.07) is 0. The Balaban J connectivity index is 3.13. The molecule has 0 aromatic rings. The zero-order chi connectivity index (χ0) is 8.69.